The number of hydrogen-bond donors (Lipinski definition) is 1. The number of nitrogens with two attached hydrogens (primary N) is 1. The van der Waals surface area contributed by atoms with Gasteiger partial charge in [-0.05, 0) is 23.6 Å². The molecular weight excluding hydrogens is 194 g/mol. The predicted octanol–water partition coefficient (Wildman–Crippen LogP) is 3.66. The molecule has 0 saturated heterocycles. The SMILES string of the molecule is C=CCc1ccc(-c2ccccc2)c(N)c1. The highest BCUT2D eigenvalue weighted by molar-refractivity contribution is 5.76. The van der Waals surface area contributed by atoms with Crippen LogP contribution in [0.1, 0.15) is 5.56 Å². The Labute approximate surface area is 96.2 Å². The van der Waals surface area contributed by atoms with E-state index in [1.807, 2.05) is 30.3 Å². The highest BCUT2D eigenvalue weighted by Crippen LogP contribution is 2.26. The minimum Gasteiger partial charge on any atom is -0.398 e. The summed E-state index contributed by atoms with van der Waals surface area (Å²) in [7, 11) is 0. The third kappa shape index (κ3) is 2.14. The molecule has 0 atom stereocenters. The Kier molecular flexibility index (Phi) is 3.06. The summed E-state index contributed by atoms with van der Waals surface area (Å²) in [5.74, 6) is 0. The molecule has 0 bridgehead atoms. The first-order valence-electron chi connectivity index (χ1n) is 5.36. The summed E-state index contributed by atoms with van der Waals surface area (Å²) in [6.45, 7) is 3.73. The topological polar surface area (TPSA) is 26.0 Å². The van der Waals surface area contributed by atoms with Crippen LogP contribution in [0.25, 0.3) is 11.1 Å². The number of allylic oxidation sites excluding steroid dienone is 1. The van der Waals surface area contributed by atoms with Gasteiger partial charge < -0.3 is 5.73 Å². The molecule has 0 heterocycles. The van der Waals surface area contributed by atoms with Crippen LogP contribution in [0, 0.1) is 0 Å². The fourth-order valence-electron chi connectivity index (χ4n) is 1.79. The van der Waals surface area contributed by atoms with E-state index in [1.54, 1.807) is 0 Å². The zero-order valence-corrected chi connectivity index (χ0v) is 9.19. The van der Waals surface area contributed by atoms with Crippen LogP contribution < -0.4 is 5.73 Å². The van der Waals surface area contributed by atoms with Gasteiger partial charge in [-0.1, -0.05) is 48.5 Å². The average Bonchev–Trinajstić information content (AvgIpc) is 2.31. The molecule has 1 heteroatoms. The zero-order valence-electron chi connectivity index (χ0n) is 9.19. The van der Waals surface area contributed by atoms with Crippen molar-refractivity contribution in [3.63, 3.8) is 0 Å². The van der Waals surface area contributed by atoms with Crippen molar-refractivity contribution >= 4 is 5.69 Å². The monoisotopic (exact) mass is 209 g/mol. The van der Waals surface area contributed by atoms with Gasteiger partial charge in [0.05, 0.1) is 0 Å². The van der Waals surface area contributed by atoms with Crippen molar-refractivity contribution < 1.29 is 0 Å². The molecule has 0 aliphatic carbocycles. The van der Waals surface area contributed by atoms with Crippen molar-refractivity contribution in [3.8, 4) is 11.1 Å². The van der Waals surface area contributed by atoms with Crippen molar-refractivity contribution in [3.05, 3.63) is 66.7 Å². The third-order valence-corrected chi connectivity index (χ3v) is 2.58. The van der Waals surface area contributed by atoms with Gasteiger partial charge in [-0.3, -0.25) is 0 Å². The van der Waals surface area contributed by atoms with E-state index in [4.69, 9.17) is 5.73 Å². The van der Waals surface area contributed by atoms with Crippen molar-refractivity contribution in [2.45, 2.75) is 6.42 Å². The second-order valence-corrected chi connectivity index (χ2v) is 3.78. The van der Waals surface area contributed by atoms with E-state index in [1.165, 1.54) is 5.56 Å². The number of anilines is 1. The molecular formula is C15H15N. The number of rotatable bonds is 3. The molecule has 80 valence electrons. The summed E-state index contributed by atoms with van der Waals surface area (Å²) >= 11 is 0. The van der Waals surface area contributed by atoms with Crippen molar-refractivity contribution in [1.29, 1.82) is 0 Å². The second-order valence-electron chi connectivity index (χ2n) is 3.78. The standard InChI is InChI=1S/C15H15N/c1-2-6-12-9-10-14(15(16)11-12)13-7-4-3-5-8-13/h2-5,7-11H,1,6,16H2. The van der Waals surface area contributed by atoms with E-state index < -0.39 is 0 Å². The Morgan fingerprint density at radius 1 is 1.06 bits per heavy atom. The maximum Gasteiger partial charge on any atom is 0.0396 e. The quantitative estimate of drug-likeness (QED) is 0.606. The van der Waals surface area contributed by atoms with Crippen LogP contribution >= 0.6 is 0 Å². The van der Waals surface area contributed by atoms with Crippen LogP contribution in [0.3, 0.4) is 0 Å². The Morgan fingerprint density at radius 3 is 2.44 bits per heavy atom. The van der Waals surface area contributed by atoms with E-state index >= 15 is 0 Å². The summed E-state index contributed by atoms with van der Waals surface area (Å²) in [4.78, 5) is 0. The minimum atomic E-state index is 0.825. The molecule has 2 aromatic carbocycles. The van der Waals surface area contributed by atoms with Gasteiger partial charge >= 0.3 is 0 Å². The minimum absolute atomic E-state index is 0.825. The van der Waals surface area contributed by atoms with E-state index in [9.17, 15) is 0 Å². The molecule has 2 aromatic rings. The molecule has 1 nitrogen and oxygen atoms in total. The van der Waals surface area contributed by atoms with E-state index in [0.717, 1.165) is 23.2 Å². The van der Waals surface area contributed by atoms with E-state index in [0.29, 0.717) is 0 Å². The summed E-state index contributed by atoms with van der Waals surface area (Å²) < 4.78 is 0. The molecule has 0 spiro atoms. The third-order valence-electron chi connectivity index (χ3n) is 2.58. The van der Waals surface area contributed by atoms with Gasteiger partial charge in [0, 0.05) is 11.3 Å². The number of benzene rings is 2. The molecule has 0 radical (unpaired) electrons. The Morgan fingerprint density at radius 2 is 1.81 bits per heavy atom. The molecule has 0 amide bonds. The van der Waals surface area contributed by atoms with E-state index in [2.05, 4.69) is 30.8 Å². The molecule has 2 N–H and O–H groups in total. The van der Waals surface area contributed by atoms with Gasteiger partial charge in [0.1, 0.15) is 0 Å². The number of hydrogen-bond acceptors (Lipinski definition) is 1. The first-order chi connectivity index (χ1) is 7.81. The Hall–Kier alpha value is -2.02. The van der Waals surface area contributed by atoms with Crippen LogP contribution in [-0.2, 0) is 6.42 Å². The maximum atomic E-state index is 6.05. The summed E-state index contributed by atoms with van der Waals surface area (Å²) in [6, 6.07) is 16.4. The van der Waals surface area contributed by atoms with Gasteiger partial charge in [-0.25, -0.2) is 0 Å². The van der Waals surface area contributed by atoms with Crippen molar-refractivity contribution in [2.75, 3.05) is 5.73 Å². The smallest absolute Gasteiger partial charge is 0.0396 e. The predicted molar refractivity (Wildman–Crippen MR) is 70.2 cm³/mol. The van der Waals surface area contributed by atoms with Crippen molar-refractivity contribution in [1.82, 2.24) is 0 Å². The fraction of sp³-hybridized carbons (Fsp3) is 0.0667. The maximum absolute atomic E-state index is 6.05. The lowest BCUT2D eigenvalue weighted by atomic mass is 10.0. The van der Waals surface area contributed by atoms with Crippen LogP contribution in [0.5, 0.6) is 0 Å². The summed E-state index contributed by atoms with van der Waals surface area (Å²) in [5, 5.41) is 0. The highest BCUT2D eigenvalue weighted by atomic mass is 14.6. The van der Waals surface area contributed by atoms with Crippen LogP contribution in [0.15, 0.2) is 61.2 Å². The number of nitrogen functional groups attached to an aromatic ring is 1. The molecule has 0 aliphatic rings. The summed E-state index contributed by atoms with van der Waals surface area (Å²) in [5.41, 5.74) is 10.3. The molecule has 0 aromatic heterocycles. The summed E-state index contributed by atoms with van der Waals surface area (Å²) in [6.07, 6.45) is 2.75. The lowest BCUT2D eigenvalue weighted by Gasteiger charge is -2.07. The molecule has 16 heavy (non-hydrogen) atoms. The molecule has 0 unspecified atom stereocenters. The Balaban J connectivity index is 2.40. The highest BCUT2D eigenvalue weighted by Gasteiger charge is 2.02. The largest absolute Gasteiger partial charge is 0.398 e. The normalized spacial score (nSPS) is 10.0. The van der Waals surface area contributed by atoms with E-state index in [-0.39, 0.29) is 0 Å². The molecule has 0 fully saturated rings. The first-order valence-corrected chi connectivity index (χ1v) is 5.36. The average molecular weight is 209 g/mol. The van der Waals surface area contributed by atoms with Gasteiger partial charge in [0.2, 0.25) is 0 Å². The van der Waals surface area contributed by atoms with Gasteiger partial charge in [0.25, 0.3) is 0 Å². The van der Waals surface area contributed by atoms with Gasteiger partial charge in [-0.15, -0.1) is 6.58 Å². The molecule has 0 aliphatic heterocycles. The lowest BCUT2D eigenvalue weighted by molar-refractivity contribution is 1.28. The van der Waals surface area contributed by atoms with Gasteiger partial charge in [0.15, 0.2) is 0 Å². The van der Waals surface area contributed by atoms with Crippen molar-refractivity contribution in [2.24, 2.45) is 0 Å². The molecule has 0 saturated carbocycles. The Bertz CT molecular complexity index is 486. The molecule has 2 rings (SSSR count). The zero-order chi connectivity index (χ0) is 11.4. The van der Waals surface area contributed by atoms with Crippen LogP contribution in [0.4, 0.5) is 5.69 Å². The second kappa shape index (κ2) is 4.67. The first kappa shape index (κ1) is 10.5. The van der Waals surface area contributed by atoms with Crippen LogP contribution in [-0.4, -0.2) is 0 Å². The van der Waals surface area contributed by atoms with Crippen LogP contribution in [0.2, 0.25) is 0 Å². The lowest BCUT2D eigenvalue weighted by Crippen LogP contribution is -1.92. The van der Waals surface area contributed by atoms with Gasteiger partial charge in [-0.2, -0.15) is 0 Å². The fourth-order valence-corrected chi connectivity index (χ4v) is 1.79.